The van der Waals surface area contributed by atoms with Gasteiger partial charge in [0.05, 0.1) is 12.8 Å². The van der Waals surface area contributed by atoms with Crippen LogP contribution in [-0.4, -0.2) is 37.0 Å². The third-order valence-electron chi connectivity index (χ3n) is 1.52. The van der Waals surface area contributed by atoms with Crippen molar-refractivity contribution in [3.05, 3.63) is 0 Å². The Labute approximate surface area is 102 Å². The van der Waals surface area contributed by atoms with Crippen LogP contribution in [0.15, 0.2) is 9.98 Å². The summed E-state index contributed by atoms with van der Waals surface area (Å²) in [7, 11) is 0. The largest absolute Gasteiger partial charge is 0.393 e. The van der Waals surface area contributed by atoms with Crippen LogP contribution in [0.2, 0.25) is 0 Å². The Morgan fingerprint density at radius 2 is 1.16 bits per heavy atom. The SMILES string of the molecule is O=C=NC(CC(F)(F)F)OC(CC(F)(F)F)N=C=O. The first kappa shape index (κ1) is 17.3. The fourth-order valence-corrected chi connectivity index (χ4v) is 0.943. The minimum absolute atomic E-state index is 0.729. The molecule has 0 saturated carbocycles. The maximum absolute atomic E-state index is 12.0. The molecule has 0 fully saturated rings. The molecule has 0 N–H and O–H groups in total. The predicted octanol–water partition coefficient (Wildman–Crippen LogP) is 2.23. The first-order chi connectivity index (χ1) is 8.57. The van der Waals surface area contributed by atoms with E-state index in [9.17, 15) is 35.9 Å². The summed E-state index contributed by atoms with van der Waals surface area (Å²) in [5, 5.41) is 0. The number of carbonyl (C=O) groups excluding carboxylic acids is 2. The molecule has 19 heavy (non-hydrogen) atoms. The maximum Gasteiger partial charge on any atom is 0.393 e. The van der Waals surface area contributed by atoms with E-state index in [1.807, 2.05) is 0 Å². The maximum atomic E-state index is 12.0. The number of ether oxygens (including phenoxy) is 1. The van der Waals surface area contributed by atoms with Crippen molar-refractivity contribution in [1.82, 2.24) is 0 Å². The second kappa shape index (κ2) is 7.03. The molecule has 0 aliphatic carbocycles. The van der Waals surface area contributed by atoms with Gasteiger partial charge in [-0.2, -0.15) is 36.3 Å². The average Bonchev–Trinajstić information content (AvgIpc) is 2.12. The molecule has 0 saturated heterocycles. The van der Waals surface area contributed by atoms with E-state index in [0.29, 0.717) is 0 Å². The van der Waals surface area contributed by atoms with Gasteiger partial charge in [-0.3, -0.25) is 0 Å². The molecule has 2 unspecified atom stereocenters. The van der Waals surface area contributed by atoms with Gasteiger partial charge < -0.3 is 4.74 Å². The number of halogens is 6. The molecule has 0 aliphatic heterocycles. The molecule has 0 aromatic heterocycles. The van der Waals surface area contributed by atoms with Crippen LogP contribution in [0.5, 0.6) is 0 Å². The van der Waals surface area contributed by atoms with Gasteiger partial charge in [0.15, 0.2) is 12.5 Å². The van der Waals surface area contributed by atoms with Gasteiger partial charge in [-0.25, -0.2) is 9.59 Å². The molecule has 0 aromatic rings. The molecular weight excluding hydrogens is 286 g/mol. The Kier molecular flexibility index (Phi) is 6.40. The highest BCUT2D eigenvalue weighted by Crippen LogP contribution is 2.28. The van der Waals surface area contributed by atoms with Crippen molar-refractivity contribution >= 4 is 12.2 Å². The summed E-state index contributed by atoms with van der Waals surface area (Å²) in [5.74, 6) is 0. The fourth-order valence-electron chi connectivity index (χ4n) is 0.943. The molecule has 5 nitrogen and oxygen atoms in total. The first-order valence-electron chi connectivity index (χ1n) is 4.50. The standard InChI is InChI=1S/C8H6F6N2O3/c9-7(10,11)1-5(15-3-17)19-6(16-4-18)2-8(12,13)14/h5-6H,1-2H2. The lowest BCUT2D eigenvalue weighted by Crippen LogP contribution is -2.28. The summed E-state index contributed by atoms with van der Waals surface area (Å²) in [4.78, 5) is 24.8. The molecule has 11 heteroatoms. The van der Waals surface area contributed by atoms with Crippen molar-refractivity contribution in [2.75, 3.05) is 0 Å². The van der Waals surface area contributed by atoms with Crippen LogP contribution in [0.1, 0.15) is 12.8 Å². The van der Waals surface area contributed by atoms with E-state index in [0.717, 1.165) is 12.2 Å². The highest BCUT2D eigenvalue weighted by molar-refractivity contribution is 5.33. The van der Waals surface area contributed by atoms with E-state index in [1.54, 1.807) is 0 Å². The smallest absolute Gasteiger partial charge is 0.329 e. The van der Waals surface area contributed by atoms with Crippen LogP contribution in [0.25, 0.3) is 0 Å². The van der Waals surface area contributed by atoms with Gasteiger partial charge in [-0.05, 0) is 0 Å². The van der Waals surface area contributed by atoms with E-state index >= 15 is 0 Å². The van der Waals surface area contributed by atoms with Crippen molar-refractivity contribution in [2.24, 2.45) is 9.98 Å². The molecule has 0 spiro atoms. The molecule has 2 atom stereocenters. The lowest BCUT2D eigenvalue weighted by atomic mass is 10.3. The molecule has 0 heterocycles. The summed E-state index contributed by atoms with van der Waals surface area (Å²) in [5.41, 5.74) is 0. The van der Waals surface area contributed by atoms with Crippen molar-refractivity contribution in [3.8, 4) is 0 Å². The highest BCUT2D eigenvalue weighted by atomic mass is 19.4. The van der Waals surface area contributed by atoms with E-state index in [-0.39, 0.29) is 0 Å². The molecule has 0 aliphatic rings. The molecular formula is C8H6F6N2O3. The summed E-state index contributed by atoms with van der Waals surface area (Å²) >= 11 is 0. The van der Waals surface area contributed by atoms with Crippen LogP contribution in [0.3, 0.4) is 0 Å². The van der Waals surface area contributed by atoms with Crippen molar-refractivity contribution in [3.63, 3.8) is 0 Å². The van der Waals surface area contributed by atoms with Gasteiger partial charge in [-0.15, -0.1) is 0 Å². The zero-order valence-electron chi connectivity index (χ0n) is 8.96. The molecule has 0 amide bonds. The lowest BCUT2D eigenvalue weighted by molar-refractivity contribution is -0.187. The Morgan fingerprint density at radius 3 is 1.37 bits per heavy atom. The Bertz CT molecular complexity index is 345. The Morgan fingerprint density at radius 1 is 0.842 bits per heavy atom. The fraction of sp³-hybridized carbons (Fsp3) is 0.750. The number of hydrogen-bond acceptors (Lipinski definition) is 5. The summed E-state index contributed by atoms with van der Waals surface area (Å²) in [6.45, 7) is 0. The van der Waals surface area contributed by atoms with Crippen LogP contribution >= 0.6 is 0 Å². The molecule has 0 rings (SSSR count). The minimum Gasteiger partial charge on any atom is -0.329 e. The Balaban J connectivity index is 4.84. The average molecular weight is 292 g/mol. The minimum atomic E-state index is -4.83. The monoisotopic (exact) mass is 292 g/mol. The first-order valence-corrected chi connectivity index (χ1v) is 4.50. The number of rotatable bonds is 6. The lowest BCUT2D eigenvalue weighted by Gasteiger charge is -2.19. The highest BCUT2D eigenvalue weighted by Gasteiger charge is 2.37. The van der Waals surface area contributed by atoms with Gasteiger partial charge in [-0.1, -0.05) is 0 Å². The van der Waals surface area contributed by atoms with Crippen molar-refractivity contribution in [1.29, 1.82) is 0 Å². The molecule has 0 bridgehead atoms. The van der Waals surface area contributed by atoms with E-state index in [4.69, 9.17) is 0 Å². The van der Waals surface area contributed by atoms with E-state index in [2.05, 4.69) is 14.7 Å². The van der Waals surface area contributed by atoms with Crippen LogP contribution in [-0.2, 0) is 14.3 Å². The van der Waals surface area contributed by atoms with Gasteiger partial charge in [0.1, 0.15) is 0 Å². The number of alkyl halides is 6. The van der Waals surface area contributed by atoms with Crippen LogP contribution < -0.4 is 0 Å². The van der Waals surface area contributed by atoms with E-state index < -0.39 is 37.7 Å². The van der Waals surface area contributed by atoms with Crippen LogP contribution in [0.4, 0.5) is 26.3 Å². The second-order valence-electron chi connectivity index (χ2n) is 3.12. The molecule has 0 radical (unpaired) electrons. The second-order valence-corrected chi connectivity index (χ2v) is 3.12. The van der Waals surface area contributed by atoms with Gasteiger partial charge in [0, 0.05) is 0 Å². The summed E-state index contributed by atoms with van der Waals surface area (Å²) in [6.07, 6.45) is -16.4. The van der Waals surface area contributed by atoms with Gasteiger partial charge >= 0.3 is 12.4 Å². The third-order valence-corrected chi connectivity index (χ3v) is 1.52. The summed E-state index contributed by atoms with van der Waals surface area (Å²) < 4.78 is 76.2. The van der Waals surface area contributed by atoms with Gasteiger partial charge in [0.25, 0.3) is 0 Å². The zero-order chi connectivity index (χ0) is 15.1. The topological polar surface area (TPSA) is 68.1 Å². The normalized spacial score (nSPS) is 15.1. The van der Waals surface area contributed by atoms with E-state index in [1.165, 1.54) is 0 Å². The van der Waals surface area contributed by atoms with Crippen LogP contribution in [0, 0.1) is 0 Å². The summed E-state index contributed by atoms with van der Waals surface area (Å²) in [6, 6.07) is 0. The van der Waals surface area contributed by atoms with Crippen molar-refractivity contribution in [2.45, 2.75) is 37.7 Å². The number of nitrogens with zero attached hydrogens (tertiary/aromatic N) is 2. The van der Waals surface area contributed by atoms with Gasteiger partial charge in [0.2, 0.25) is 12.2 Å². The quantitative estimate of drug-likeness (QED) is 0.428. The predicted molar refractivity (Wildman–Crippen MR) is 46.2 cm³/mol. The zero-order valence-corrected chi connectivity index (χ0v) is 8.96. The molecule has 0 aromatic carbocycles. The third kappa shape index (κ3) is 9.95. The Hall–Kier alpha value is -1.70. The molecule has 108 valence electrons. The van der Waals surface area contributed by atoms with Crippen molar-refractivity contribution < 1.29 is 40.7 Å². The number of aliphatic imine (C=N–C) groups is 2. The number of hydrogen-bond donors (Lipinski definition) is 0. The number of isocyanates is 2.